The van der Waals surface area contributed by atoms with Crippen molar-refractivity contribution in [2.75, 3.05) is 17.7 Å². The number of urea groups is 1. The molecular formula is C15H13Cl2N3O2. The summed E-state index contributed by atoms with van der Waals surface area (Å²) >= 11 is 11.8. The predicted octanol–water partition coefficient (Wildman–Crippen LogP) is 4.00. The molecule has 0 radical (unpaired) electrons. The Hall–Kier alpha value is -2.24. The molecule has 0 bridgehead atoms. The van der Waals surface area contributed by atoms with Crippen LogP contribution in [0.4, 0.5) is 16.2 Å². The Morgan fingerprint density at radius 1 is 0.955 bits per heavy atom. The molecule has 0 atom stereocenters. The average Bonchev–Trinajstić information content (AvgIpc) is 2.46. The molecule has 0 saturated heterocycles. The summed E-state index contributed by atoms with van der Waals surface area (Å²) < 4.78 is 0. The van der Waals surface area contributed by atoms with Crippen molar-refractivity contribution in [3.63, 3.8) is 0 Å². The Morgan fingerprint density at radius 2 is 1.68 bits per heavy atom. The van der Waals surface area contributed by atoms with Crippen LogP contribution in [0.3, 0.4) is 0 Å². The molecule has 0 aliphatic rings. The first-order chi connectivity index (χ1) is 10.5. The van der Waals surface area contributed by atoms with Gasteiger partial charge in [0.2, 0.25) is 0 Å². The van der Waals surface area contributed by atoms with Crippen molar-refractivity contribution in [2.45, 2.75) is 0 Å². The minimum Gasteiger partial charge on any atom is -0.355 e. The van der Waals surface area contributed by atoms with Crippen LogP contribution < -0.4 is 16.0 Å². The van der Waals surface area contributed by atoms with Crippen LogP contribution in [0.25, 0.3) is 0 Å². The van der Waals surface area contributed by atoms with Crippen LogP contribution in [-0.2, 0) is 0 Å². The smallest absolute Gasteiger partial charge is 0.323 e. The van der Waals surface area contributed by atoms with Crippen LogP contribution in [0.2, 0.25) is 10.0 Å². The largest absolute Gasteiger partial charge is 0.355 e. The number of hydrogen-bond donors (Lipinski definition) is 3. The van der Waals surface area contributed by atoms with Crippen LogP contribution in [0.1, 0.15) is 10.4 Å². The second-order valence-electron chi connectivity index (χ2n) is 4.36. The van der Waals surface area contributed by atoms with E-state index in [1.165, 1.54) is 19.2 Å². The first kappa shape index (κ1) is 16.1. The van der Waals surface area contributed by atoms with Gasteiger partial charge in [-0.05, 0) is 36.4 Å². The second-order valence-corrected chi connectivity index (χ2v) is 5.23. The summed E-state index contributed by atoms with van der Waals surface area (Å²) in [4.78, 5) is 23.8. The number of halogens is 2. The van der Waals surface area contributed by atoms with Gasteiger partial charge < -0.3 is 16.0 Å². The molecule has 2 aromatic rings. The molecule has 0 spiro atoms. The van der Waals surface area contributed by atoms with Crippen molar-refractivity contribution in [1.82, 2.24) is 5.32 Å². The molecule has 5 nitrogen and oxygen atoms in total. The summed E-state index contributed by atoms with van der Waals surface area (Å²) in [6.45, 7) is 0. The number of nitrogens with one attached hydrogen (secondary N) is 3. The molecule has 0 unspecified atom stereocenters. The molecular weight excluding hydrogens is 325 g/mol. The van der Waals surface area contributed by atoms with E-state index in [1.807, 2.05) is 0 Å². The highest BCUT2D eigenvalue weighted by molar-refractivity contribution is 6.31. The fraction of sp³-hybridized carbons (Fsp3) is 0.0667. The van der Waals surface area contributed by atoms with Gasteiger partial charge in [0.15, 0.2) is 0 Å². The maximum absolute atomic E-state index is 12.0. The van der Waals surface area contributed by atoms with E-state index in [0.717, 1.165) is 0 Å². The van der Waals surface area contributed by atoms with Crippen LogP contribution in [0.5, 0.6) is 0 Å². The zero-order chi connectivity index (χ0) is 16.1. The molecule has 0 fully saturated rings. The monoisotopic (exact) mass is 337 g/mol. The molecule has 0 aliphatic heterocycles. The third kappa shape index (κ3) is 4.13. The van der Waals surface area contributed by atoms with E-state index in [4.69, 9.17) is 23.2 Å². The van der Waals surface area contributed by atoms with Crippen LogP contribution >= 0.6 is 23.2 Å². The summed E-state index contributed by atoms with van der Waals surface area (Å²) in [6, 6.07) is 10.8. The summed E-state index contributed by atoms with van der Waals surface area (Å²) in [5, 5.41) is 8.64. The van der Waals surface area contributed by atoms with E-state index in [9.17, 15) is 9.59 Å². The lowest BCUT2D eigenvalue weighted by Gasteiger charge is -2.12. The van der Waals surface area contributed by atoms with Gasteiger partial charge in [-0.3, -0.25) is 4.79 Å². The maximum Gasteiger partial charge on any atom is 0.323 e. The standard InChI is InChI=1S/C15H13Cl2N3O2/c1-18-14(21)12-6-5-10(17)8-13(12)20-15(22)19-11-4-2-3-9(16)7-11/h2-8H,1H3,(H,18,21)(H2,19,20,22). The number of benzene rings is 2. The molecule has 0 heterocycles. The van der Waals surface area contributed by atoms with Gasteiger partial charge in [-0.15, -0.1) is 0 Å². The molecule has 7 heteroatoms. The lowest BCUT2D eigenvalue weighted by Crippen LogP contribution is -2.24. The van der Waals surface area contributed by atoms with E-state index in [-0.39, 0.29) is 5.91 Å². The van der Waals surface area contributed by atoms with Crippen molar-refractivity contribution in [3.05, 3.63) is 58.1 Å². The quantitative estimate of drug-likeness (QED) is 0.792. The van der Waals surface area contributed by atoms with Crippen molar-refractivity contribution in [1.29, 1.82) is 0 Å². The molecule has 3 N–H and O–H groups in total. The van der Waals surface area contributed by atoms with Gasteiger partial charge in [-0.2, -0.15) is 0 Å². The third-order valence-electron chi connectivity index (χ3n) is 2.78. The van der Waals surface area contributed by atoms with Crippen molar-refractivity contribution in [3.8, 4) is 0 Å². The van der Waals surface area contributed by atoms with E-state index in [1.54, 1.807) is 30.3 Å². The maximum atomic E-state index is 12.0. The zero-order valence-corrected chi connectivity index (χ0v) is 13.1. The number of anilines is 2. The van der Waals surface area contributed by atoms with Crippen molar-refractivity contribution >= 4 is 46.5 Å². The third-order valence-corrected chi connectivity index (χ3v) is 3.25. The van der Waals surface area contributed by atoms with Crippen LogP contribution in [-0.4, -0.2) is 19.0 Å². The Kier molecular flexibility index (Phi) is 5.25. The summed E-state index contributed by atoms with van der Waals surface area (Å²) in [7, 11) is 1.51. The molecule has 0 saturated carbocycles. The first-order valence-electron chi connectivity index (χ1n) is 6.35. The average molecular weight is 338 g/mol. The minimum atomic E-state index is -0.505. The number of amides is 3. The fourth-order valence-electron chi connectivity index (χ4n) is 1.80. The van der Waals surface area contributed by atoms with Gasteiger partial charge in [0.1, 0.15) is 0 Å². The normalized spacial score (nSPS) is 9.95. The molecule has 0 aromatic heterocycles. The second kappa shape index (κ2) is 7.15. The molecule has 2 aromatic carbocycles. The molecule has 3 amide bonds. The van der Waals surface area contributed by atoms with E-state index < -0.39 is 6.03 Å². The van der Waals surface area contributed by atoms with Crippen molar-refractivity contribution < 1.29 is 9.59 Å². The number of carbonyl (C=O) groups excluding carboxylic acids is 2. The van der Waals surface area contributed by atoms with E-state index in [2.05, 4.69) is 16.0 Å². The number of hydrogen-bond acceptors (Lipinski definition) is 2. The van der Waals surface area contributed by atoms with Crippen LogP contribution in [0, 0.1) is 0 Å². The zero-order valence-electron chi connectivity index (χ0n) is 11.6. The first-order valence-corrected chi connectivity index (χ1v) is 7.10. The molecule has 0 aliphatic carbocycles. The Morgan fingerprint density at radius 3 is 2.36 bits per heavy atom. The molecule has 22 heavy (non-hydrogen) atoms. The van der Waals surface area contributed by atoms with Gasteiger partial charge in [-0.1, -0.05) is 29.3 Å². The van der Waals surface area contributed by atoms with Gasteiger partial charge in [0.25, 0.3) is 5.91 Å². The minimum absolute atomic E-state index is 0.311. The van der Waals surface area contributed by atoms with E-state index >= 15 is 0 Å². The Balaban J connectivity index is 2.17. The van der Waals surface area contributed by atoms with Gasteiger partial charge in [0, 0.05) is 22.8 Å². The topological polar surface area (TPSA) is 70.2 Å². The lowest BCUT2D eigenvalue weighted by molar-refractivity contribution is 0.0964. The van der Waals surface area contributed by atoms with E-state index in [0.29, 0.717) is 27.0 Å². The lowest BCUT2D eigenvalue weighted by atomic mass is 10.1. The predicted molar refractivity (Wildman–Crippen MR) is 88.9 cm³/mol. The van der Waals surface area contributed by atoms with Gasteiger partial charge >= 0.3 is 6.03 Å². The molecule has 114 valence electrons. The summed E-state index contributed by atoms with van der Waals surface area (Å²) in [5.41, 5.74) is 1.16. The van der Waals surface area contributed by atoms with Gasteiger partial charge in [-0.25, -0.2) is 4.79 Å². The summed E-state index contributed by atoms with van der Waals surface area (Å²) in [5.74, 6) is -0.324. The fourth-order valence-corrected chi connectivity index (χ4v) is 2.17. The highest BCUT2D eigenvalue weighted by atomic mass is 35.5. The highest BCUT2D eigenvalue weighted by Crippen LogP contribution is 2.22. The SMILES string of the molecule is CNC(=O)c1ccc(Cl)cc1NC(=O)Nc1cccc(Cl)c1. The van der Waals surface area contributed by atoms with Gasteiger partial charge in [0.05, 0.1) is 11.3 Å². The summed E-state index contributed by atoms with van der Waals surface area (Å²) in [6.07, 6.45) is 0. The van der Waals surface area contributed by atoms with Crippen LogP contribution in [0.15, 0.2) is 42.5 Å². The Labute approximate surface area is 137 Å². The number of rotatable bonds is 3. The number of carbonyl (C=O) groups is 2. The van der Waals surface area contributed by atoms with Crippen molar-refractivity contribution in [2.24, 2.45) is 0 Å². The highest BCUT2D eigenvalue weighted by Gasteiger charge is 2.13. The molecule has 2 rings (SSSR count). The Bertz CT molecular complexity index is 720.